The van der Waals surface area contributed by atoms with Crippen molar-refractivity contribution in [3.05, 3.63) is 29.8 Å². The molecular weight excluding hydrogens is 782 g/mol. The number of carboxylic acids is 2. The molecule has 3 amide bonds. The third kappa shape index (κ3) is 30.6. The van der Waals surface area contributed by atoms with Gasteiger partial charge in [-0.05, 0) is 69.7 Å². The molecule has 60 heavy (non-hydrogen) atoms. The van der Waals surface area contributed by atoms with Crippen LogP contribution in [-0.2, 0) is 47.7 Å². The van der Waals surface area contributed by atoms with Crippen LogP contribution in [0, 0.1) is 5.92 Å². The maximum absolute atomic E-state index is 12.3. The van der Waals surface area contributed by atoms with Gasteiger partial charge in [0.15, 0.2) is 0 Å². The van der Waals surface area contributed by atoms with Crippen LogP contribution in [0.5, 0.6) is 5.75 Å². The summed E-state index contributed by atoms with van der Waals surface area (Å²) in [5.74, 6) is -2.27. The Kier molecular flexibility index (Phi) is 31.5. The molecule has 0 radical (unpaired) electrons. The van der Waals surface area contributed by atoms with Crippen molar-refractivity contribution in [3.8, 4) is 5.75 Å². The van der Waals surface area contributed by atoms with E-state index in [0.29, 0.717) is 38.3 Å². The van der Waals surface area contributed by atoms with Gasteiger partial charge in [0.1, 0.15) is 36.6 Å². The Morgan fingerprint density at radius 3 is 1.77 bits per heavy atom. The Hall–Kier alpha value is -4.45. The monoisotopic (exact) mass is 851 g/mol. The van der Waals surface area contributed by atoms with Gasteiger partial charge in [-0.3, -0.25) is 24.0 Å². The third-order valence-corrected chi connectivity index (χ3v) is 9.37. The largest absolute Gasteiger partial charge is 0.494 e. The lowest BCUT2D eigenvalue weighted by atomic mass is 10.0. The van der Waals surface area contributed by atoms with Gasteiger partial charge < -0.3 is 49.8 Å². The highest BCUT2D eigenvalue weighted by Gasteiger charge is 2.21. The van der Waals surface area contributed by atoms with Crippen LogP contribution in [0.1, 0.15) is 121 Å². The van der Waals surface area contributed by atoms with Gasteiger partial charge in [-0.25, -0.2) is 9.59 Å². The van der Waals surface area contributed by atoms with Crippen molar-refractivity contribution in [2.75, 3.05) is 72.6 Å². The van der Waals surface area contributed by atoms with Crippen LogP contribution in [0.15, 0.2) is 24.3 Å². The average Bonchev–Trinajstić information content (AvgIpc) is 3.21. The minimum absolute atomic E-state index is 0.0147. The summed E-state index contributed by atoms with van der Waals surface area (Å²) in [6.45, 7) is 6.16. The highest BCUT2D eigenvalue weighted by Crippen LogP contribution is 2.14. The van der Waals surface area contributed by atoms with E-state index in [0.717, 1.165) is 57.8 Å². The van der Waals surface area contributed by atoms with Crippen molar-refractivity contribution in [2.24, 2.45) is 5.92 Å². The zero-order valence-corrected chi connectivity index (χ0v) is 35.6. The second-order valence-electron chi connectivity index (χ2n) is 14.6. The van der Waals surface area contributed by atoms with Crippen LogP contribution >= 0.6 is 0 Å². The molecule has 1 rings (SSSR count). The maximum Gasteiger partial charge on any atom is 0.335 e. The minimum atomic E-state index is -1.18. The summed E-state index contributed by atoms with van der Waals surface area (Å²) in [7, 11) is 0. The van der Waals surface area contributed by atoms with Crippen molar-refractivity contribution in [3.63, 3.8) is 0 Å². The number of carboxylic acid groups (broad SMARTS) is 2. The van der Waals surface area contributed by atoms with Gasteiger partial charge in [0, 0.05) is 44.9 Å². The second-order valence-corrected chi connectivity index (χ2v) is 14.6. The summed E-state index contributed by atoms with van der Waals surface area (Å²) in [4.78, 5) is 82.1. The predicted octanol–water partition coefficient (Wildman–Crippen LogP) is 4.28. The molecule has 0 heterocycles. The molecule has 0 spiro atoms. The Morgan fingerprint density at radius 1 is 0.567 bits per heavy atom. The molecule has 5 N–H and O–H groups in total. The lowest BCUT2D eigenvalue weighted by Gasteiger charge is -2.14. The van der Waals surface area contributed by atoms with Crippen LogP contribution in [-0.4, -0.2) is 130 Å². The van der Waals surface area contributed by atoms with E-state index in [1.165, 1.54) is 12.1 Å². The number of ether oxygens (including phenoxy) is 5. The first kappa shape index (κ1) is 53.6. The molecule has 1 aromatic carbocycles. The predicted molar refractivity (Wildman–Crippen MR) is 222 cm³/mol. The van der Waals surface area contributed by atoms with Crippen LogP contribution in [0.4, 0.5) is 0 Å². The topological polar surface area (TPSA) is 242 Å². The maximum atomic E-state index is 12.3. The SMILES string of the molecule is CC(=O)[C@@H](C)CCCCNC(=O)COCCOCCNC(=O)COCCOCCCC(=O)CC[C@H](NC(=O)CCCCCCCCCOc1ccc(C(=O)O)cc1)C(=O)O. The molecule has 0 fully saturated rings. The molecule has 0 saturated heterocycles. The highest BCUT2D eigenvalue weighted by molar-refractivity contribution is 5.87. The molecule has 1 aromatic rings. The molecule has 17 nitrogen and oxygen atoms in total. The molecule has 0 bridgehead atoms. The second kappa shape index (κ2) is 35.3. The number of unbranched alkanes of at least 4 members (excludes halogenated alkanes) is 7. The van der Waals surface area contributed by atoms with Gasteiger partial charge in [-0.15, -0.1) is 0 Å². The Morgan fingerprint density at radius 2 is 1.15 bits per heavy atom. The molecule has 0 saturated carbocycles. The van der Waals surface area contributed by atoms with Gasteiger partial charge >= 0.3 is 11.9 Å². The number of hydrogen-bond donors (Lipinski definition) is 5. The number of benzene rings is 1. The van der Waals surface area contributed by atoms with Crippen LogP contribution in [0.25, 0.3) is 0 Å². The van der Waals surface area contributed by atoms with Crippen LogP contribution in [0.3, 0.4) is 0 Å². The van der Waals surface area contributed by atoms with Gasteiger partial charge in [-0.2, -0.15) is 0 Å². The van der Waals surface area contributed by atoms with Crippen molar-refractivity contribution in [2.45, 2.75) is 116 Å². The fraction of sp³-hybridized carbons (Fsp3) is 0.698. The van der Waals surface area contributed by atoms with E-state index in [-0.39, 0.29) is 119 Å². The van der Waals surface area contributed by atoms with Gasteiger partial charge in [-0.1, -0.05) is 45.4 Å². The fourth-order valence-corrected chi connectivity index (χ4v) is 5.62. The van der Waals surface area contributed by atoms with E-state index in [2.05, 4.69) is 16.0 Å². The van der Waals surface area contributed by atoms with Crippen LogP contribution in [0.2, 0.25) is 0 Å². The number of ketones is 2. The number of amides is 3. The quantitative estimate of drug-likeness (QED) is 0.0580. The van der Waals surface area contributed by atoms with E-state index in [4.69, 9.17) is 28.8 Å². The number of rotatable bonds is 40. The zero-order valence-electron chi connectivity index (χ0n) is 35.6. The number of aromatic carboxylic acids is 1. The first-order valence-corrected chi connectivity index (χ1v) is 21.2. The molecule has 0 aliphatic carbocycles. The zero-order chi connectivity index (χ0) is 44.2. The minimum Gasteiger partial charge on any atom is -0.494 e. The van der Waals surface area contributed by atoms with Crippen LogP contribution < -0.4 is 20.7 Å². The molecule has 0 aliphatic heterocycles. The summed E-state index contributed by atoms with van der Waals surface area (Å²) in [6.07, 6.45) is 9.80. The number of Topliss-reactive ketones (excluding diaryl/α,β-unsaturated/α-hetero) is 2. The highest BCUT2D eigenvalue weighted by atomic mass is 16.5. The summed E-state index contributed by atoms with van der Waals surface area (Å²) in [6, 6.07) is 5.18. The lowest BCUT2D eigenvalue weighted by Crippen LogP contribution is -2.41. The molecule has 0 aliphatic rings. The molecular formula is C43H69N3O14. The molecule has 2 atom stereocenters. The summed E-state index contributed by atoms with van der Waals surface area (Å²) < 4.78 is 27.0. The summed E-state index contributed by atoms with van der Waals surface area (Å²) in [5, 5.41) is 26.4. The van der Waals surface area contributed by atoms with Crippen molar-refractivity contribution in [1.82, 2.24) is 16.0 Å². The normalized spacial score (nSPS) is 12.0. The van der Waals surface area contributed by atoms with Crippen molar-refractivity contribution < 1.29 is 67.5 Å². The van der Waals surface area contributed by atoms with E-state index < -0.39 is 18.0 Å². The van der Waals surface area contributed by atoms with E-state index in [9.17, 15) is 38.7 Å². The number of hydrogen-bond acceptors (Lipinski definition) is 12. The molecule has 340 valence electrons. The average molecular weight is 852 g/mol. The van der Waals surface area contributed by atoms with Crippen molar-refractivity contribution >= 4 is 41.2 Å². The summed E-state index contributed by atoms with van der Waals surface area (Å²) in [5.41, 5.74) is 0.217. The Balaban J connectivity index is 1.93. The standard InChI is InChI=1S/C43H69N3O14/c1-33(34(2)47)13-9-10-22-44-40(50)31-59-30-28-57-26-23-45-41(51)32-58-29-27-56-24-12-14-36(48)18-21-38(43(54)55)46-39(49)15-8-6-4-3-5-7-11-25-60-37-19-16-35(17-20-37)42(52)53/h16-17,19-20,33,38H,3-15,18,21-32H2,1-2H3,(H,44,50)(H,45,51)(H,46,49)(H,52,53)(H,54,55)/t33-,38-/m0/s1. The van der Waals surface area contributed by atoms with Gasteiger partial charge in [0.25, 0.3) is 0 Å². The fourth-order valence-electron chi connectivity index (χ4n) is 5.62. The Bertz CT molecular complexity index is 1390. The molecule has 0 aromatic heterocycles. The number of aliphatic carboxylic acids is 1. The summed E-state index contributed by atoms with van der Waals surface area (Å²) >= 11 is 0. The first-order valence-electron chi connectivity index (χ1n) is 21.2. The van der Waals surface area contributed by atoms with E-state index in [1.807, 2.05) is 6.92 Å². The number of nitrogens with one attached hydrogen (secondary N) is 3. The smallest absolute Gasteiger partial charge is 0.335 e. The third-order valence-electron chi connectivity index (χ3n) is 9.37. The van der Waals surface area contributed by atoms with Gasteiger partial charge in [0.05, 0.1) is 45.2 Å². The molecule has 17 heteroatoms. The van der Waals surface area contributed by atoms with E-state index in [1.54, 1.807) is 19.1 Å². The lowest BCUT2D eigenvalue weighted by molar-refractivity contribution is -0.142. The Labute approximate surface area is 354 Å². The first-order chi connectivity index (χ1) is 28.9. The van der Waals surface area contributed by atoms with Crippen molar-refractivity contribution in [1.29, 1.82) is 0 Å². The molecule has 0 unspecified atom stereocenters. The number of carbonyl (C=O) groups is 7. The number of carbonyl (C=O) groups excluding carboxylic acids is 5. The van der Waals surface area contributed by atoms with Gasteiger partial charge in [0.2, 0.25) is 17.7 Å². The van der Waals surface area contributed by atoms with E-state index >= 15 is 0 Å².